The van der Waals surface area contributed by atoms with E-state index < -0.39 is 5.54 Å². The second-order valence-electron chi connectivity index (χ2n) is 13.9. The number of ether oxygens (including phenoxy) is 2. The summed E-state index contributed by atoms with van der Waals surface area (Å²) in [6.07, 6.45) is 11.8. The van der Waals surface area contributed by atoms with Crippen LogP contribution in [0.1, 0.15) is 69.2 Å². The first-order valence-corrected chi connectivity index (χ1v) is 18.8. The fourth-order valence-corrected chi connectivity index (χ4v) is 6.25. The van der Waals surface area contributed by atoms with Crippen molar-refractivity contribution in [3.05, 3.63) is 54.1 Å². The summed E-state index contributed by atoms with van der Waals surface area (Å²) in [4.78, 5) is 35.3. The van der Waals surface area contributed by atoms with Gasteiger partial charge in [0.15, 0.2) is 0 Å². The molecule has 0 unspecified atom stereocenters. The number of nitrogens with one attached hydrogen (secondary N) is 2. The largest absolute Gasteiger partial charge is 0.495 e. The van der Waals surface area contributed by atoms with Gasteiger partial charge in [0.05, 0.1) is 24.4 Å². The summed E-state index contributed by atoms with van der Waals surface area (Å²) in [7, 11) is 3.56. The Morgan fingerprint density at radius 2 is 1.63 bits per heavy atom. The zero-order valence-electron chi connectivity index (χ0n) is 32.0. The smallest absolute Gasteiger partial charge is 0.253 e. The van der Waals surface area contributed by atoms with Crippen LogP contribution in [0.2, 0.25) is 0 Å². The lowest BCUT2D eigenvalue weighted by Crippen LogP contribution is -2.54. The highest BCUT2D eigenvalue weighted by molar-refractivity contribution is 5.94. The Bertz CT molecular complexity index is 1430. The number of para-hydroxylation sites is 2. The highest BCUT2D eigenvalue weighted by atomic mass is 16.5. The van der Waals surface area contributed by atoms with Crippen molar-refractivity contribution < 1.29 is 19.1 Å². The molecule has 0 radical (unpaired) electrons. The average Bonchev–Trinajstić information content (AvgIpc) is 3.16. The molecule has 0 spiro atoms. The normalized spacial score (nSPS) is 13.3. The molecule has 11 nitrogen and oxygen atoms in total. The molecule has 1 aliphatic rings. The van der Waals surface area contributed by atoms with Crippen LogP contribution in [0.5, 0.6) is 11.5 Å². The molecule has 11 heteroatoms. The molecule has 1 fully saturated rings. The zero-order valence-corrected chi connectivity index (χ0v) is 32.0. The van der Waals surface area contributed by atoms with Crippen molar-refractivity contribution in [1.29, 1.82) is 5.26 Å². The number of rotatable bonds is 24. The van der Waals surface area contributed by atoms with Gasteiger partial charge in [-0.05, 0) is 89.0 Å². The van der Waals surface area contributed by atoms with Crippen LogP contribution in [0.25, 0.3) is 0 Å². The van der Waals surface area contributed by atoms with E-state index in [1.54, 1.807) is 36.3 Å². The fourth-order valence-electron chi connectivity index (χ4n) is 6.25. The topological polar surface area (TPSA) is 113 Å². The Morgan fingerprint density at radius 3 is 2.35 bits per heavy atom. The van der Waals surface area contributed by atoms with Gasteiger partial charge in [-0.2, -0.15) is 5.26 Å². The third kappa shape index (κ3) is 14.7. The van der Waals surface area contributed by atoms with Crippen LogP contribution in [0.15, 0.2) is 48.5 Å². The number of hydrogen-bond acceptors (Lipinski definition) is 9. The molecule has 0 bridgehead atoms. The molecule has 0 aromatic heterocycles. The summed E-state index contributed by atoms with van der Waals surface area (Å²) in [6, 6.07) is 17.5. The molecular formula is C41H61N7O4. The van der Waals surface area contributed by atoms with Gasteiger partial charge < -0.3 is 34.8 Å². The molecule has 0 atom stereocenters. The number of nitriles is 1. The van der Waals surface area contributed by atoms with Crippen molar-refractivity contribution in [2.75, 3.05) is 97.7 Å². The van der Waals surface area contributed by atoms with Gasteiger partial charge in [-0.3, -0.25) is 14.5 Å². The number of hydrogen-bond donors (Lipinski definition) is 2. The number of piperazine rings is 1. The van der Waals surface area contributed by atoms with Gasteiger partial charge in [0, 0.05) is 77.9 Å². The molecule has 284 valence electrons. The Labute approximate surface area is 312 Å². The number of unbranched alkanes of at least 4 members (excludes halogenated alkanes) is 5. The van der Waals surface area contributed by atoms with E-state index in [1.165, 1.54) is 0 Å². The Balaban J connectivity index is 1.48. The van der Waals surface area contributed by atoms with E-state index in [9.17, 15) is 9.59 Å². The first-order chi connectivity index (χ1) is 25.2. The molecule has 1 saturated heterocycles. The lowest BCUT2D eigenvalue weighted by molar-refractivity contribution is -0.126. The van der Waals surface area contributed by atoms with Crippen molar-refractivity contribution in [3.8, 4) is 29.9 Å². The van der Waals surface area contributed by atoms with E-state index >= 15 is 0 Å². The number of carbonyl (C=O) groups excluding carboxylic acids is 2. The highest BCUT2D eigenvalue weighted by Gasteiger charge is 2.26. The van der Waals surface area contributed by atoms with Crippen molar-refractivity contribution in [2.24, 2.45) is 0 Å². The SMILES string of the molecule is C#CCOc1ccc(C(=O)N(C)CCN(CCCCN2CCN(c3ccccc3OC)CC2)CCNC(C)(C)C(=O)NCCCCCCC#N)cc1. The predicted octanol–water partition coefficient (Wildman–Crippen LogP) is 4.64. The summed E-state index contributed by atoms with van der Waals surface area (Å²) < 4.78 is 11.0. The van der Waals surface area contributed by atoms with E-state index in [1.807, 2.05) is 33.0 Å². The Hall–Kier alpha value is -4.29. The van der Waals surface area contributed by atoms with E-state index in [0.717, 1.165) is 102 Å². The fraction of sp³-hybridized carbons (Fsp3) is 0.585. The number of anilines is 1. The lowest BCUT2D eigenvalue weighted by atomic mass is 10.0. The van der Waals surface area contributed by atoms with Crippen LogP contribution >= 0.6 is 0 Å². The lowest BCUT2D eigenvalue weighted by Gasteiger charge is -2.36. The predicted molar refractivity (Wildman–Crippen MR) is 209 cm³/mol. The van der Waals surface area contributed by atoms with Gasteiger partial charge >= 0.3 is 0 Å². The van der Waals surface area contributed by atoms with E-state index in [4.69, 9.17) is 21.2 Å². The summed E-state index contributed by atoms with van der Waals surface area (Å²) in [5.41, 5.74) is 1.05. The average molecular weight is 716 g/mol. The summed E-state index contributed by atoms with van der Waals surface area (Å²) in [5, 5.41) is 15.2. The van der Waals surface area contributed by atoms with Crippen LogP contribution in [-0.2, 0) is 4.79 Å². The number of carbonyl (C=O) groups is 2. The van der Waals surface area contributed by atoms with Gasteiger partial charge in [-0.15, -0.1) is 6.42 Å². The van der Waals surface area contributed by atoms with Crippen molar-refractivity contribution in [3.63, 3.8) is 0 Å². The Morgan fingerprint density at radius 1 is 0.904 bits per heavy atom. The molecule has 1 aliphatic heterocycles. The number of terminal acetylenes is 1. The van der Waals surface area contributed by atoms with Crippen LogP contribution in [-0.4, -0.2) is 125 Å². The molecule has 1 heterocycles. The molecule has 2 aromatic carbocycles. The molecule has 52 heavy (non-hydrogen) atoms. The number of benzene rings is 2. The van der Waals surface area contributed by atoms with E-state index in [2.05, 4.69) is 49.5 Å². The molecule has 2 amide bonds. The second-order valence-corrected chi connectivity index (χ2v) is 13.9. The van der Waals surface area contributed by atoms with Gasteiger partial charge in [0.1, 0.15) is 18.1 Å². The maximum atomic E-state index is 13.2. The van der Waals surface area contributed by atoms with Crippen molar-refractivity contribution >= 4 is 17.5 Å². The standard InChI is InChI=1S/C41H61N7O4/c1-6-34-52-36-20-18-35(19-21-36)39(49)45(4)28-29-46(27-24-44-41(2,3)40(50)43-23-13-9-7-8-12-22-42)25-14-15-26-47-30-32-48(33-31-47)37-16-10-11-17-38(37)51-5/h1,10-11,16-21,44H,7-9,12-15,23-34H2,2-5H3,(H,43,50). The molecule has 3 rings (SSSR count). The van der Waals surface area contributed by atoms with Crippen LogP contribution in [0.4, 0.5) is 5.69 Å². The first kappa shape index (κ1) is 42.1. The van der Waals surface area contributed by atoms with Crippen LogP contribution in [0, 0.1) is 23.7 Å². The summed E-state index contributed by atoms with van der Waals surface area (Å²) in [6.45, 7) is 13.3. The van der Waals surface area contributed by atoms with Crippen LogP contribution in [0.3, 0.4) is 0 Å². The van der Waals surface area contributed by atoms with Gasteiger partial charge in [0.25, 0.3) is 5.91 Å². The number of nitrogens with zero attached hydrogens (tertiary/aromatic N) is 5. The van der Waals surface area contributed by atoms with Gasteiger partial charge in [-0.25, -0.2) is 0 Å². The molecule has 0 aliphatic carbocycles. The molecule has 0 saturated carbocycles. The first-order valence-electron chi connectivity index (χ1n) is 18.8. The quantitative estimate of drug-likeness (QED) is 0.119. The maximum absolute atomic E-state index is 13.2. The molecule has 2 aromatic rings. The third-order valence-electron chi connectivity index (χ3n) is 9.58. The monoisotopic (exact) mass is 715 g/mol. The van der Waals surface area contributed by atoms with Gasteiger partial charge in [0.2, 0.25) is 5.91 Å². The minimum absolute atomic E-state index is 0.0112. The second kappa shape index (κ2) is 23.3. The zero-order chi connectivity index (χ0) is 37.6. The third-order valence-corrected chi connectivity index (χ3v) is 9.58. The number of likely N-dealkylation sites (N-methyl/N-ethyl adjacent to an activating group) is 1. The van der Waals surface area contributed by atoms with E-state index in [-0.39, 0.29) is 18.4 Å². The number of amides is 2. The molecular weight excluding hydrogens is 654 g/mol. The van der Waals surface area contributed by atoms with Crippen LogP contribution < -0.4 is 25.0 Å². The highest BCUT2D eigenvalue weighted by Crippen LogP contribution is 2.28. The van der Waals surface area contributed by atoms with Crippen molar-refractivity contribution in [1.82, 2.24) is 25.3 Å². The van der Waals surface area contributed by atoms with E-state index in [0.29, 0.717) is 37.4 Å². The molecule has 2 N–H and O–H groups in total. The minimum atomic E-state index is -0.707. The minimum Gasteiger partial charge on any atom is -0.495 e. The number of methoxy groups -OCH3 is 1. The summed E-state index contributed by atoms with van der Waals surface area (Å²) in [5.74, 6) is 3.95. The Kier molecular flexibility index (Phi) is 18.9. The maximum Gasteiger partial charge on any atom is 0.253 e. The van der Waals surface area contributed by atoms with Crippen molar-refractivity contribution in [2.45, 2.75) is 64.3 Å². The van der Waals surface area contributed by atoms with Gasteiger partial charge in [-0.1, -0.05) is 30.9 Å². The summed E-state index contributed by atoms with van der Waals surface area (Å²) >= 11 is 0.